The van der Waals surface area contributed by atoms with E-state index < -0.39 is 0 Å². The number of nitrogens with zero attached hydrogens (tertiary/aromatic N) is 1. The molecule has 4 heteroatoms. The summed E-state index contributed by atoms with van der Waals surface area (Å²) in [4.78, 5) is 15.2. The average molecular weight is 183 g/mol. The lowest BCUT2D eigenvalue weighted by Gasteiger charge is -2.15. The zero-order chi connectivity index (χ0) is 8.55. The number of hydrogen-bond donors (Lipinski definition) is 1. The molecule has 1 aliphatic rings. The van der Waals surface area contributed by atoms with E-state index in [1.165, 1.54) is 6.20 Å². The molecule has 0 amide bonds. The maximum Gasteiger partial charge on any atom is 0.185 e. The third kappa shape index (κ3) is 1.16. The maximum absolute atomic E-state index is 11.3. The molecule has 0 radical (unpaired) electrons. The highest BCUT2D eigenvalue weighted by Crippen LogP contribution is 2.22. The van der Waals surface area contributed by atoms with Gasteiger partial charge in [-0.05, 0) is 6.07 Å². The minimum Gasteiger partial charge on any atom is -0.383 e. The molecule has 2 heterocycles. The van der Waals surface area contributed by atoms with E-state index in [4.69, 9.17) is 11.6 Å². The third-order valence-electron chi connectivity index (χ3n) is 1.79. The number of carbonyl (C=O) groups excluding carboxylic acids is 1. The highest BCUT2D eigenvalue weighted by molar-refractivity contribution is 6.30. The van der Waals surface area contributed by atoms with Crippen molar-refractivity contribution in [3.05, 3.63) is 23.0 Å². The summed E-state index contributed by atoms with van der Waals surface area (Å²) in [6.07, 6.45) is 2.01. The van der Waals surface area contributed by atoms with Crippen LogP contribution in [0.25, 0.3) is 0 Å². The van der Waals surface area contributed by atoms with Gasteiger partial charge in [-0.25, -0.2) is 4.98 Å². The van der Waals surface area contributed by atoms with Crippen LogP contribution in [0.5, 0.6) is 0 Å². The van der Waals surface area contributed by atoms with Crippen LogP contribution >= 0.6 is 11.6 Å². The van der Waals surface area contributed by atoms with E-state index in [-0.39, 0.29) is 5.78 Å². The van der Waals surface area contributed by atoms with Crippen LogP contribution in [0.4, 0.5) is 5.69 Å². The normalized spacial score (nSPS) is 15.2. The van der Waals surface area contributed by atoms with Crippen LogP contribution < -0.4 is 5.32 Å². The predicted molar refractivity (Wildman–Crippen MR) is 46.7 cm³/mol. The lowest BCUT2D eigenvalue weighted by Crippen LogP contribution is -2.19. The van der Waals surface area contributed by atoms with Gasteiger partial charge in [0.15, 0.2) is 5.78 Å². The second-order valence-corrected chi connectivity index (χ2v) is 3.09. The lowest BCUT2D eigenvalue weighted by molar-refractivity contribution is 0.0979. The van der Waals surface area contributed by atoms with Gasteiger partial charge in [0.2, 0.25) is 0 Å². The summed E-state index contributed by atoms with van der Waals surface area (Å²) in [6.45, 7) is 0.674. The molecule has 1 aliphatic heterocycles. The van der Waals surface area contributed by atoms with E-state index in [0.717, 1.165) is 5.69 Å². The fraction of sp³-hybridized carbons (Fsp3) is 0.250. The highest BCUT2D eigenvalue weighted by Gasteiger charge is 2.17. The van der Waals surface area contributed by atoms with Gasteiger partial charge in [0, 0.05) is 19.2 Å². The molecule has 0 aromatic carbocycles. The van der Waals surface area contributed by atoms with Crippen molar-refractivity contribution in [2.75, 3.05) is 11.9 Å². The lowest BCUT2D eigenvalue weighted by atomic mass is 10.1. The zero-order valence-corrected chi connectivity index (χ0v) is 7.06. The Balaban J connectivity index is 2.53. The average Bonchev–Trinajstić information content (AvgIpc) is 2.04. The Hall–Kier alpha value is -1.09. The Kier molecular flexibility index (Phi) is 1.73. The first-order valence-electron chi connectivity index (χ1n) is 3.70. The topological polar surface area (TPSA) is 42.0 Å². The number of carbonyl (C=O) groups is 1. The number of aromatic nitrogens is 1. The molecule has 0 atom stereocenters. The van der Waals surface area contributed by atoms with Crippen LogP contribution in [0, 0.1) is 0 Å². The summed E-state index contributed by atoms with van der Waals surface area (Å²) >= 11 is 5.71. The van der Waals surface area contributed by atoms with Crippen molar-refractivity contribution in [3.8, 4) is 0 Å². The van der Waals surface area contributed by atoms with Crippen LogP contribution in [-0.2, 0) is 0 Å². The molecule has 0 saturated carbocycles. The second-order valence-electron chi connectivity index (χ2n) is 2.65. The van der Waals surface area contributed by atoms with Gasteiger partial charge in [0.25, 0.3) is 0 Å². The molecule has 0 saturated heterocycles. The van der Waals surface area contributed by atoms with Crippen molar-refractivity contribution in [3.63, 3.8) is 0 Å². The van der Waals surface area contributed by atoms with E-state index in [1.807, 2.05) is 0 Å². The minimum absolute atomic E-state index is 0.0837. The van der Waals surface area contributed by atoms with Crippen molar-refractivity contribution in [1.82, 2.24) is 4.98 Å². The molecule has 0 unspecified atom stereocenters. The van der Waals surface area contributed by atoms with Crippen LogP contribution in [0.3, 0.4) is 0 Å². The summed E-state index contributed by atoms with van der Waals surface area (Å²) in [5.41, 5.74) is 1.25. The fourth-order valence-electron chi connectivity index (χ4n) is 1.23. The van der Waals surface area contributed by atoms with Crippen LogP contribution in [-0.4, -0.2) is 17.3 Å². The maximum atomic E-state index is 11.3. The minimum atomic E-state index is 0.0837. The van der Waals surface area contributed by atoms with E-state index in [0.29, 0.717) is 23.7 Å². The number of ketones is 1. The number of pyridine rings is 1. The summed E-state index contributed by atoms with van der Waals surface area (Å²) in [5, 5.41) is 3.62. The predicted octanol–water partition coefficient (Wildman–Crippen LogP) is 1.73. The van der Waals surface area contributed by atoms with Gasteiger partial charge in [0.1, 0.15) is 5.69 Å². The highest BCUT2D eigenvalue weighted by atomic mass is 35.5. The smallest absolute Gasteiger partial charge is 0.185 e. The van der Waals surface area contributed by atoms with Gasteiger partial charge in [0.05, 0.1) is 10.7 Å². The summed E-state index contributed by atoms with van der Waals surface area (Å²) in [5.74, 6) is 0.0837. The fourth-order valence-corrected chi connectivity index (χ4v) is 1.38. The molecule has 0 spiro atoms. The standard InChI is InChI=1S/C8H7ClN2O/c9-5-3-6-8(11-4-5)7(12)1-2-10-6/h3-4,10H,1-2H2. The molecule has 1 aromatic rings. The number of nitrogens with one attached hydrogen (secondary N) is 1. The molecule has 3 nitrogen and oxygen atoms in total. The third-order valence-corrected chi connectivity index (χ3v) is 1.99. The van der Waals surface area contributed by atoms with Crippen molar-refractivity contribution in [2.24, 2.45) is 0 Å². The SMILES string of the molecule is O=C1CCNc2cc(Cl)cnc21. The van der Waals surface area contributed by atoms with E-state index in [1.54, 1.807) is 6.07 Å². The number of fused-ring (bicyclic) bond motifs is 1. The number of halogens is 1. The molecule has 1 aromatic heterocycles. The zero-order valence-electron chi connectivity index (χ0n) is 6.30. The van der Waals surface area contributed by atoms with Crippen LogP contribution in [0.15, 0.2) is 12.3 Å². The van der Waals surface area contributed by atoms with Gasteiger partial charge in [-0.1, -0.05) is 11.6 Å². The molecule has 0 fully saturated rings. The molecule has 0 bridgehead atoms. The monoisotopic (exact) mass is 182 g/mol. The molecule has 62 valence electrons. The van der Waals surface area contributed by atoms with Gasteiger partial charge in [-0.2, -0.15) is 0 Å². The van der Waals surface area contributed by atoms with E-state index >= 15 is 0 Å². The first kappa shape index (κ1) is 7.55. The largest absolute Gasteiger partial charge is 0.383 e. The molecule has 1 N–H and O–H groups in total. The Bertz CT molecular complexity index is 338. The number of anilines is 1. The van der Waals surface area contributed by atoms with Gasteiger partial charge >= 0.3 is 0 Å². The first-order valence-corrected chi connectivity index (χ1v) is 4.08. The quantitative estimate of drug-likeness (QED) is 0.665. The van der Waals surface area contributed by atoms with Crippen LogP contribution in [0.1, 0.15) is 16.9 Å². The molecule has 0 aliphatic carbocycles. The number of Topliss-reactive ketones (excluding diaryl/α,β-unsaturated/α-hetero) is 1. The van der Waals surface area contributed by atoms with Crippen molar-refractivity contribution < 1.29 is 4.79 Å². The number of hydrogen-bond acceptors (Lipinski definition) is 3. The summed E-state index contributed by atoms with van der Waals surface area (Å²) in [6, 6.07) is 1.72. The van der Waals surface area contributed by atoms with Gasteiger partial charge in [-0.3, -0.25) is 4.79 Å². The van der Waals surface area contributed by atoms with E-state index in [2.05, 4.69) is 10.3 Å². The van der Waals surface area contributed by atoms with E-state index in [9.17, 15) is 4.79 Å². The summed E-state index contributed by atoms with van der Waals surface area (Å²) in [7, 11) is 0. The molecule has 12 heavy (non-hydrogen) atoms. The Morgan fingerprint density at radius 1 is 1.58 bits per heavy atom. The van der Waals surface area contributed by atoms with Crippen molar-refractivity contribution in [1.29, 1.82) is 0 Å². The second kappa shape index (κ2) is 2.75. The van der Waals surface area contributed by atoms with Gasteiger partial charge < -0.3 is 5.32 Å². The Morgan fingerprint density at radius 2 is 2.42 bits per heavy atom. The van der Waals surface area contributed by atoms with Crippen molar-refractivity contribution >= 4 is 23.1 Å². The Morgan fingerprint density at radius 3 is 3.25 bits per heavy atom. The molecular formula is C8H7ClN2O. The number of rotatable bonds is 0. The van der Waals surface area contributed by atoms with Crippen molar-refractivity contribution in [2.45, 2.75) is 6.42 Å². The first-order chi connectivity index (χ1) is 5.77. The molecule has 2 rings (SSSR count). The summed E-state index contributed by atoms with van der Waals surface area (Å²) < 4.78 is 0. The van der Waals surface area contributed by atoms with Crippen LogP contribution in [0.2, 0.25) is 5.02 Å². The van der Waals surface area contributed by atoms with Gasteiger partial charge in [-0.15, -0.1) is 0 Å². The molecular weight excluding hydrogens is 176 g/mol. The Labute approximate surface area is 74.8 Å².